The van der Waals surface area contributed by atoms with Crippen molar-refractivity contribution in [3.05, 3.63) is 65.0 Å². The lowest BCUT2D eigenvalue weighted by molar-refractivity contribution is 0.376. The van der Waals surface area contributed by atoms with Gasteiger partial charge in [0.2, 0.25) is 21.7 Å². The maximum absolute atomic E-state index is 12.6. The Balaban J connectivity index is 1.79. The van der Waals surface area contributed by atoms with Crippen LogP contribution in [0.1, 0.15) is 22.6 Å². The second kappa shape index (κ2) is 6.78. The Morgan fingerprint density at radius 2 is 1.68 bits per heavy atom. The number of aromatic nitrogens is 2. The fraction of sp³-hybridized carbons (Fsp3) is 0.222. The number of benzene rings is 2. The average molecular weight is 357 g/mol. The minimum absolute atomic E-state index is 0.0606. The SMILES string of the molecule is Cc1cc(C)c(S(=O)(=O)NCc2nc(-c3ccccc3)no2)c(C)c1. The summed E-state index contributed by atoms with van der Waals surface area (Å²) in [7, 11) is -3.67. The number of hydrogen-bond acceptors (Lipinski definition) is 5. The molecule has 0 amide bonds. The molecule has 0 bridgehead atoms. The van der Waals surface area contributed by atoms with Crippen LogP contribution in [-0.4, -0.2) is 18.6 Å². The van der Waals surface area contributed by atoms with Crippen LogP contribution < -0.4 is 4.72 Å². The summed E-state index contributed by atoms with van der Waals surface area (Å²) in [6, 6.07) is 13.1. The van der Waals surface area contributed by atoms with E-state index in [4.69, 9.17) is 4.52 Å². The van der Waals surface area contributed by atoms with E-state index in [9.17, 15) is 8.42 Å². The third kappa shape index (κ3) is 3.78. The second-order valence-electron chi connectivity index (χ2n) is 5.93. The largest absolute Gasteiger partial charge is 0.338 e. The Bertz CT molecular complexity index is 972. The zero-order valence-electron chi connectivity index (χ0n) is 14.3. The molecule has 1 aromatic heterocycles. The molecule has 1 N–H and O–H groups in total. The first kappa shape index (κ1) is 17.3. The van der Waals surface area contributed by atoms with Crippen molar-refractivity contribution >= 4 is 10.0 Å². The topological polar surface area (TPSA) is 85.1 Å². The molecule has 0 saturated carbocycles. The number of nitrogens with zero attached hydrogens (tertiary/aromatic N) is 2. The molecule has 7 heteroatoms. The Labute approximate surface area is 147 Å². The van der Waals surface area contributed by atoms with Crippen molar-refractivity contribution in [2.45, 2.75) is 32.2 Å². The molecule has 0 aliphatic carbocycles. The Morgan fingerprint density at radius 3 is 2.32 bits per heavy atom. The van der Waals surface area contributed by atoms with E-state index in [-0.39, 0.29) is 12.4 Å². The Kier molecular flexibility index (Phi) is 4.69. The second-order valence-corrected chi connectivity index (χ2v) is 7.63. The normalized spacial score (nSPS) is 11.6. The van der Waals surface area contributed by atoms with Crippen molar-refractivity contribution in [2.75, 3.05) is 0 Å². The summed E-state index contributed by atoms with van der Waals surface area (Å²) in [5.74, 6) is 0.641. The zero-order valence-corrected chi connectivity index (χ0v) is 15.1. The van der Waals surface area contributed by atoms with E-state index in [0.29, 0.717) is 21.8 Å². The first-order valence-corrected chi connectivity index (χ1v) is 9.30. The van der Waals surface area contributed by atoms with Crippen LogP contribution in [0.15, 0.2) is 51.9 Å². The maximum Gasteiger partial charge on any atom is 0.242 e. The summed E-state index contributed by atoms with van der Waals surface area (Å²) in [5, 5.41) is 3.89. The molecule has 0 aliphatic heterocycles. The van der Waals surface area contributed by atoms with Crippen molar-refractivity contribution in [3.63, 3.8) is 0 Å². The minimum atomic E-state index is -3.67. The summed E-state index contributed by atoms with van der Waals surface area (Å²) in [5.41, 5.74) is 3.25. The van der Waals surface area contributed by atoms with E-state index in [1.54, 1.807) is 13.8 Å². The van der Waals surface area contributed by atoms with Gasteiger partial charge in [-0.15, -0.1) is 0 Å². The molecular formula is C18H19N3O3S. The van der Waals surface area contributed by atoms with Gasteiger partial charge in [0.05, 0.1) is 11.4 Å². The van der Waals surface area contributed by atoms with Gasteiger partial charge in [0.25, 0.3) is 0 Å². The standard InChI is InChI=1S/C18H19N3O3S/c1-12-9-13(2)17(14(3)10-12)25(22,23)19-11-16-20-18(21-24-16)15-7-5-4-6-8-15/h4-10,19H,11H2,1-3H3. The van der Waals surface area contributed by atoms with Gasteiger partial charge in [0.15, 0.2) is 0 Å². The van der Waals surface area contributed by atoms with Crippen molar-refractivity contribution in [1.82, 2.24) is 14.9 Å². The van der Waals surface area contributed by atoms with Gasteiger partial charge >= 0.3 is 0 Å². The minimum Gasteiger partial charge on any atom is -0.338 e. The average Bonchev–Trinajstić information content (AvgIpc) is 3.02. The van der Waals surface area contributed by atoms with Crippen LogP contribution in [0.3, 0.4) is 0 Å². The number of aryl methyl sites for hydroxylation is 3. The van der Waals surface area contributed by atoms with E-state index in [0.717, 1.165) is 11.1 Å². The highest BCUT2D eigenvalue weighted by atomic mass is 32.2. The van der Waals surface area contributed by atoms with Gasteiger partial charge < -0.3 is 4.52 Å². The van der Waals surface area contributed by atoms with Gasteiger partial charge in [-0.2, -0.15) is 4.98 Å². The summed E-state index contributed by atoms with van der Waals surface area (Å²) < 4.78 is 32.9. The summed E-state index contributed by atoms with van der Waals surface area (Å²) >= 11 is 0. The molecular weight excluding hydrogens is 338 g/mol. The molecule has 3 rings (SSSR count). The van der Waals surface area contributed by atoms with Gasteiger partial charge in [0.1, 0.15) is 0 Å². The van der Waals surface area contributed by atoms with E-state index >= 15 is 0 Å². The monoisotopic (exact) mass is 357 g/mol. The molecule has 130 valence electrons. The van der Waals surface area contributed by atoms with Crippen LogP contribution in [0.4, 0.5) is 0 Å². The van der Waals surface area contributed by atoms with Crippen LogP contribution in [-0.2, 0) is 16.6 Å². The number of sulfonamides is 1. The highest BCUT2D eigenvalue weighted by Crippen LogP contribution is 2.22. The van der Waals surface area contributed by atoms with Crippen LogP contribution >= 0.6 is 0 Å². The van der Waals surface area contributed by atoms with E-state index in [1.807, 2.05) is 49.4 Å². The Morgan fingerprint density at radius 1 is 1.04 bits per heavy atom. The number of rotatable bonds is 5. The van der Waals surface area contributed by atoms with Crippen LogP contribution in [0.5, 0.6) is 0 Å². The molecule has 1 heterocycles. The zero-order chi connectivity index (χ0) is 18.0. The molecule has 0 radical (unpaired) electrons. The van der Waals surface area contributed by atoms with Crippen molar-refractivity contribution < 1.29 is 12.9 Å². The molecule has 0 atom stereocenters. The first-order chi connectivity index (χ1) is 11.9. The van der Waals surface area contributed by atoms with Gasteiger partial charge in [-0.05, 0) is 31.9 Å². The fourth-order valence-electron chi connectivity index (χ4n) is 2.85. The van der Waals surface area contributed by atoms with Crippen LogP contribution in [0, 0.1) is 20.8 Å². The molecule has 0 fully saturated rings. The quantitative estimate of drug-likeness (QED) is 0.758. The third-order valence-electron chi connectivity index (χ3n) is 3.79. The van der Waals surface area contributed by atoms with Gasteiger partial charge in [-0.3, -0.25) is 0 Å². The van der Waals surface area contributed by atoms with Crippen LogP contribution in [0.2, 0.25) is 0 Å². The molecule has 6 nitrogen and oxygen atoms in total. The van der Waals surface area contributed by atoms with Gasteiger partial charge in [-0.1, -0.05) is 53.2 Å². The summed E-state index contributed by atoms with van der Waals surface area (Å²) in [4.78, 5) is 4.52. The highest BCUT2D eigenvalue weighted by Gasteiger charge is 2.21. The third-order valence-corrected chi connectivity index (χ3v) is 5.49. The van der Waals surface area contributed by atoms with Crippen molar-refractivity contribution in [1.29, 1.82) is 0 Å². The lowest BCUT2D eigenvalue weighted by Crippen LogP contribution is -2.25. The maximum atomic E-state index is 12.6. The van der Waals surface area contributed by atoms with Crippen molar-refractivity contribution in [2.24, 2.45) is 0 Å². The lowest BCUT2D eigenvalue weighted by Gasteiger charge is -2.12. The summed E-state index contributed by atoms with van der Waals surface area (Å²) in [6.07, 6.45) is 0. The van der Waals surface area contributed by atoms with E-state index in [2.05, 4.69) is 14.9 Å². The van der Waals surface area contributed by atoms with E-state index < -0.39 is 10.0 Å². The van der Waals surface area contributed by atoms with Crippen LogP contribution in [0.25, 0.3) is 11.4 Å². The lowest BCUT2D eigenvalue weighted by atomic mass is 10.1. The molecule has 0 spiro atoms. The highest BCUT2D eigenvalue weighted by molar-refractivity contribution is 7.89. The number of hydrogen-bond donors (Lipinski definition) is 1. The molecule has 2 aromatic carbocycles. The molecule has 0 saturated heterocycles. The van der Waals surface area contributed by atoms with E-state index in [1.165, 1.54) is 0 Å². The molecule has 3 aromatic rings. The molecule has 25 heavy (non-hydrogen) atoms. The fourth-order valence-corrected chi connectivity index (χ4v) is 4.27. The predicted octanol–water partition coefficient (Wildman–Crippen LogP) is 3.14. The Hall–Kier alpha value is -2.51. The summed E-state index contributed by atoms with van der Waals surface area (Å²) in [6.45, 7) is 5.45. The van der Waals surface area contributed by atoms with Crippen molar-refractivity contribution in [3.8, 4) is 11.4 Å². The predicted molar refractivity (Wildman–Crippen MR) is 94.4 cm³/mol. The molecule has 0 unspecified atom stereocenters. The smallest absolute Gasteiger partial charge is 0.242 e. The number of nitrogens with one attached hydrogen (secondary N) is 1. The van der Waals surface area contributed by atoms with Gasteiger partial charge in [-0.25, -0.2) is 13.1 Å². The molecule has 0 aliphatic rings. The first-order valence-electron chi connectivity index (χ1n) is 7.82. The van der Waals surface area contributed by atoms with Gasteiger partial charge in [0, 0.05) is 5.56 Å².